The molecule has 2 rings (SSSR count). The lowest BCUT2D eigenvalue weighted by Crippen LogP contribution is -2.16. The molecule has 0 aliphatic carbocycles. The molecule has 18 heavy (non-hydrogen) atoms. The number of H-pyrrole nitrogens is 1. The predicted octanol–water partition coefficient (Wildman–Crippen LogP) is 1.64. The normalized spacial score (nSPS) is 9.83. The van der Waals surface area contributed by atoms with Gasteiger partial charge in [-0.05, 0) is 12.1 Å². The first-order chi connectivity index (χ1) is 8.70. The molecule has 0 aliphatic heterocycles. The highest BCUT2D eigenvalue weighted by atomic mass is 16.5. The summed E-state index contributed by atoms with van der Waals surface area (Å²) in [5.41, 5.74) is 0.530. The van der Waals surface area contributed by atoms with Gasteiger partial charge in [0.15, 0.2) is 5.43 Å². The van der Waals surface area contributed by atoms with Crippen molar-refractivity contribution in [2.24, 2.45) is 0 Å². The molecule has 0 saturated heterocycles. The van der Waals surface area contributed by atoms with Crippen molar-refractivity contribution in [3.63, 3.8) is 0 Å². The molecular weight excluding hydrogens is 232 g/mol. The van der Waals surface area contributed by atoms with Gasteiger partial charge in [-0.2, -0.15) is 0 Å². The molecule has 2 aromatic rings. The summed E-state index contributed by atoms with van der Waals surface area (Å²) in [7, 11) is 1.52. The Kier molecular flexibility index (Phi) is 3.43. The van der Waals surface area contributed by atoms with Gasteiger partial charge >= 0.3 is 0 Å². The molecule has 0 aliphatic rings. The number of pyridine rings is 1. The van der Waals surface area contributed by atoms with E-state index in [4.69, 9.17) is 4.74 Å². The van der Waals surface area contributed by atoms with Crippen LogP contribution in [0.3, 0.4) is 0 Å². The average Bonchev–Trinajstić information content (AvgIpc) is 2.39. The van der Waals surface area contributed by atoms with Gasteiger partial charge in [0.25, 0.3) is 5.91 Å². The number of amides is 1. The highest BCUT2D eigenvalue weighted by Crippen LogP contribution is 2.23. The van der Waals surface area contributed by atoms with Gasteiger partial charge < -0.3 is 15.0 Å². The second-order valence-electron chi connectivity index (χ2n) is 3.59. The molecule has 92 valence electrons. The lowest BCUT2D eigenvalue weighted by atomic mass is 10.2. The smallest absolute Gasteiger partial charge is 0.272 e. The molecular formula is C13H12N2O3. The lowest BCUT2D eigenvalue weighted by Gasteiger charge is -2.09. The number of ether oxygens (including phenoxy) is 1. The average molecular weight is 244 g/mol. The number of nitrogens with one attached hydrogen (secondary N) is 2. The fourth-order valence-corrected chi connectivity index (χ4v) is 1.51. The number of carbonyl (C=O) groups is 1. The summed E-state index contributed by atoms with van der Waals surface area (Å²) in [6.45, 7) is 0. The Morgan fingerprint density at radius 2 is 2.06 bits per heavy atom. The highest BCUT2D eigenvalue weighted by molar-refractivity contribution is 6.03. The van der Waals surface area contributed by atoms with Crippen LogP contribution in [0.5, 0.6) is 5.75 Å². The van der Waals surface area contributed by atoms with Crippen molar-refractivity contribution in [2.45, 2.75) is 0 Å². The van der Waals surface area contributed by atoms with Gasteiger partial charge in [-0.25, -0.2) is 0 Å². The predicted molar refractivity (Wildman–Crippen MR) is 68.0 cm³/mol. The van der Waals surface area contributed by atoms with E-state index in [9.17, 15) is 9.59 Å². The number of anilines is 1. The molecule has 0 atom stereocenters. The van der Waals surface area contributed by atoms with Crippen molar-refractivity contribution >= 4 is 11.6 Å². The van der Waals surface area contributed by atoms with Crippen molar-refractivity contribution < 1.29 is 9.53 Å². The summed E-state index contributed by atoms with van der Waals surface area (Å²) in [6, 6.07) is 9.64. The summed E-state index contributed by atoms with van der Waals surface area (Å²) in [5, 5.41) is 2.67. The molecule has 2 N–H and O–H groups in total. The van der Waals surface area contributed by atoms with E-state index in [1.807, 2.05) is 0 Å². The van der Waals surface area contributed by atoms with Crippen LogP contribution >= 0.6 is 0 Å². The molecule has 0 unspecified atom stereocenters. The van der Waals surface area contributed by atoms with Crippen LogP contribution in [0, 0.1) is 0 Å². The summed E-state index contributed by atoms with van der Waals surface area (Å²) in [5.74, 6) is 0.168. The van der Waals surface area contributed by atoms with E-state index in [0.29, 0.717) is 11.4 Å². The zero-order valence-electron chi connectivity index (χ0n) is 9.77. The molecule has 0 radical (unpaired) electrons. The van der Waals surface area contributed by atoms with Crippen LogP contribution in [0.1, 0.15) is 10.5 Å². The Morgan fingerprint density at radius 1 is 1.28 bits per heavy atom. The van der Waals surface area contributed by atoms with E-state index in [1.165, 1.54) is 25.4 Å². The monoisotopic (exact) mass is 244 g/mol. The lowest BCUT2D eigenvalue weighted by molar-refractivity contribution is 0.102. The summed E-state index contributed by atoms with van der Waals surface area (Å²) < 4.78 is 5.12. The zero-order valence-corrected chi connectivity index (χ0v) is 9.77. The summed E-state index contributed by atoms with van der Waals surface area (Å²) in [4.78, 5) is 25.8. The van der Waals surface area contributed by atoms with Gasteiger partial charge in [-0.15, -0.1) is 0 Å². The number of hydrogen-bond donors (Lipinski definition) is 2. The maximum absolute atomic E-state index is 11.9. The van der Waals surface area contributed by atoms with E-state index in [2.05, 4.69) is 10.3 Å². The fourth-order valence-electron chi connectivity index (χ4n) is 1.51. The van der Waals surface area contributed by atoms with Crippen molar-refractivity contribution in [2.75, 3.05) is 12.4 Å². The third kappa shape index (κ3) is 2.57. The number of methoxy groups -OCH3 is 1. The molecule has 1 aromatic heterocycles. The molecule has 5 heteroatoms. The molecule has 0 bridgehead atoms. The van der Waals surface area contributed by atoms with Crippen LogP contribution in [0.2, 0.25) is 0 Å². The molecule has 1 aromatic carbocycles. The number of benzene rings is 1. The Bertz CT molecular complexity index is 619. The summed E-state index contributed by atoms with van der Waals surface area (Å²) >= 11 is 0. The van der Waals surface area contributed by atoms with Gasteiger partial charge in [-0.1, -0.05) is 12.1 Å². The number of aromatic amines is 1. The fraction of sp³-hybridized carbons (Fsp3) is 0.0769. The van der Waals surface area contributed by atoms with Gasteiger partial charge in [0, 0.05) is 18.3 Å². The number of para-hydroxylation sites is 2. The van der Waals surface area contributed by atoms with Gasteiger partial charge in [0.1, 0.15) is 11.4 Å². The molecule has 5 nitrogen and oxygen atoms in total. The number of aromatic nitrogens is 1. The first kappa shape index (κ1) is 11.9. The van der Waals surface area contributed by atoms with Crippen LogP contribution in [0.25, 0.3) is 0 Å². The van der Waals surface area contributed by atoms with E-state index < -0.39 is 5.91 Å². The van der Waals surface area contributed by atoms with Crippen molar-refractivity contribution in [1.82, 2.24) is 4.98 Å². The van der Waals surface area contributed by atoms with Crippen LogP contribution in [-0.2, 0) is 0 Å². The zero-order chi connectivity index (χ0) is 13.0. The largest absolute Gasteiger partial charge is 0.495 e. The van der Waals surface area contributed by atoms with E-state index >= 15 is 0 Å². The molecule has 1 amide bonds. The Labute approximate surface area is 103 Å². The number of rotatable bonds is 3. The maximum atomic E-state index is 11.9. The van der Waals surface area contributed by atoms with Crippen molar-refractivity contribution in [1.29, 1.82) is 0 Å². The molecule has 0 fully saturated rings. The van der Waals surface area contributed by atoms with Crippen LogP contribution in [0.4, 0.5) is 5.69 Å². The highest BCUT2D eigenvalue weighted by Gasteiger charge is 2.09. The maximum Gasteiger partial charge on any atom is 0.272 e. The third-order valence-electron chi connectivity index (χ3n) is 2.37. The molecule has 0 saturated carbocycles. The Hall–Kier alpha value is -2.56. The van der Waals surface area contributed by atoms with E-state index in [0.717, 1.165) is 0 Å². The molecule has 0 spiro atoms. The Morgan fingerprint density at radius 3 is 2.78 bits per heavy atom. The Balaban J connectivity index is 2.24. The minimum absolute atomic E-state index is 0.202. The van der Waals surface area contributed by atoms with Crippen molar-refractivity contribution in [3.8, 4) is 5.75 Å². The van der Waals surface area contributed by atoms with Gasteiger partial charge in [0.2, 0.25) is 0 Å². The first-order valence-corrected chi connectivity index (χ1v) is 5.34. The molecule has 1 heterocycles. The second kappa shape index (κ2) is 5.18. The van der Waals surface area contributed by atoms with Crippen LogP contribution in [0.15, 0.2) is 47.4 Å². The van der Waals surface area contributed by atoms with Gasteiger partial charge in [0.05, 0.1) is 12.8 Å². The SMILES string of the molecule is COc1ccccc1NC(=O)c1cc(=O)cc[nH]1. The first-order valence-electron chi connectivity index (χ1n) is 5.34. The second-order valence-corrected chi connectivity index (χ2v) is 3.59. The number of carbonyl (C=O) groups excluding carboxylic acids is 1. The third-order valence-corrected chi connectivity index (χ3v) is 2.37. The summed E-state index contributed by atoms with van der Waals surface area (Å²) in [6.07, 6.45) is 1.43. The van der Waals surface area contributed by atoms with Crippen molar-refractivity contribution in [3.05, 3.63) is 58.5 Å². The van der Waals surface area contributed by atoms with Crippen LogP contribution in [-0.4, -0.2) is 18.0 Å². The minimum Gasteiger partial charge on any atom is -0.495 e. The standard InChI is InChI=1S/C13H12N2O3/c1-18-12-5-3-2-4-10(12)15-13(17)11-8-9(16)6-7-14-11/h2-8H,1H3,(H,14,16)(H,15,17). The number of hydrogen-bond acceptors (Lipinski definition) is 3. The topological polar surface area (TPSA) is 71.2 Å². The van der Waals surface area contributed by atoms with Gasteiger partial charge in [-0.3, -0.25) is 9.59 Å². The minimum atomic E-state index is -0.391. The van der Waals surface area contributed by atoms with Crippen LogP contribution < -0.4 is 15.5 Å². The van der Waals surface area contributed by atoms with E-state index in [-0.39, 0.29) is 11.1 Å². The van der Waals surface area contributed by atoms with E-state index in [1.54, 1.807) is 24.3 Å². The quantitative estimate of drug-likeness (QED) is 0.862.